The first-order valence-corrected chi connectivity index (χ1v) is 7.30. The second kappa shape index (κ2) is 5.94. The highest BCUT2D eigenvalue weighted by Crippen LogP contribution is 2.25. The summed E-state index contributed by atoms with van der Waals surface area (Å²) >= 11 is 0. The normalized spacial score (nSPS) is 11.3. The summed E-state index contributed by atoms with van der Waals surface area (Å²) in [7, 11) is -2.61. The smallest absolute Gasteiger partial charge is 0.335 e. The van der Waals surface area contributed by atoms with Gasteiger partial charge in [0.1, 0.15) is 10.6 Å². The molecule has 0 amide bonds. The predicted molar refractivity (Wildman–Crippen MR) is 72.6 cm³/mol. The number of H-pyrrole nitrogens is 1. The Hall–Kier alpha value is -2.39. The summed E-state index contributed by atoms with van der Waals surface area (Å²) in [5.74, 6) is -1.15. The Kier molecular flexibility index (Phi) is 4.24. The van der Waals surface area contributed by atoms with Gasteiger partial charge in [0, 0.05) is 11.9 Å². The molecular weight excluding hydrogens is 298 g/mol. The molecule has 0 spiro atoms. The first-order valence-electron chi connectivity index (χ1n) is 5.82. The van der Waals surface area contributed by atoms with E-state index >= 15 is 0 Å². The van der Waals surface area contributed by atoms with Gasteiger partial charge >= 0.3 is 5.97 Å². The molecule has 21 heavy (non-hydrogen) atoms. The maximum Gasteiger partial charge on any atom is 0.335 e. The van der Waals surface area contributed by atoms with Gasteiger partial charge in [-0.25, -0.2) is 22.9 Å². The number of ether oxygens (including phenoxy) is 1. The van der Waals surface area contributed by atoms with Crippen molar-refractivity contribution in [1.29, 1.82) is 0 Å². The molecule has 0 saturated heterocycles. The van der Waals surface area contributed by atoms with Crippen LogP contribution in [-0.2, 0) is 16.6 Å². The number of carboxylic acids is 1. The number of carbonyl (C=O) groups is 1. The number of aromatic nitrogens is 2. The molecule has 3 N–H and O–H groups in total. The number of hydrogen-bond donors (Lipinski definition) is 3. The number of aromatic amines is 1. The Morgan fingerprint density at radius 2 is 2.24 bits per heavy atom. The van der Waals surface area contributed by atoms with Crippen LogP contribution in [0.3, 0.4) is 0 Å². The standard InChI is InChI=1S/C12H13N3O5S/c1-20-10-3-2-8(12(16)17)4-11(10)21(18,19)15-6-9-5-13-7-14-9/h2-5,7,15H,6H2,1H3,(H,13,14)(H,16,17). The molecule has 2 aromatic rings. The van der Waals surface area contributed by atoms with Crippen molar-refractivity contribution in [2.24, 2.45) is 0 Å². The maximum atomic E-state index is 12.3. The van der Waals surface area contributed by atoms with Crippen molar-refractivity contribution in [1.82, 2.24) is 14.7 Å². The van der Waals surface area contributed by atoms with Crippen molar-refractivity contribution >= 4 is 16.0 Å². The van der Waals surface area contributed by atoms with Crippen molar-refractivity contribution in [2.75, 3.05) is 7.11 Å². The fourth-order valence-corrected chi connectivity index (χ4v) is 2.85. The van der Waals surface area contributed by atoms with E-state index in [4.69, 9.17) is 9.84 Å². The van der Waals surface area contributed by atoms with Crippen LogP contribution in [-0.4, -0.2) is 36.6 Å². The molecule has 1 aromatic heterocycles. The second-order valence-electron chi connectivity index (χ2n) is 4.07. The molecule has 112 valence electrons. The SMILES string of the molecule is COc1ccc(C(=O)O)cc1S(=O)(=O)NCc1cnc[nH]1. The van der Waals surface area contributed by atoms with E-state index < -0.39 is 16.0 Å². The molecule has 8 nitrogen and oxygen atoms in total. The predicted octanol–water partition coefficient (Wildman–Crippen LogP) is 0.595. The van der Waals surface area contributed by atoms with Gasteiger partial charge < -0.3 is 14.8 Å². The first kappa shape index (κ1) is 15.0. The molecular formula is C12H13N3O5S. The molecule has 0 aliphatic heterocycles. The number of rotatable bonds is 6. The van der Waals surface area contributed by atoms with E-state index in [1.807, 2.05) is 0 Å². The third kappa shape index (κ3) is 3.38. The Bertz CT molecular complexity index is 740. The van der Waals surface area contributed by atoms with E-state index in [0.717, 1.165) is 6.07 Å². The number of nitrogens with one attached hydrogen (secondary N) is 2. The molecule has 0 atom stereocenters. The largest absolute Gasteiger partial charge is 0.495 e. The van der Waals surface area contributed by atoms with Gasteiger partial charge in [-0.2, -0.15) is 0 Å². The highest BCUT2D eigenvalue weighted by atomic mass is 32.2. The molecule has 0 unspecified atom stereocenters. The van der Waals surface area contributed by atoms with Crippen LogP contribution in [0.4, 0.5) is 0 Å². The molecule has 0 bridgehead atoms. The van der Waals surface area contributed by atoms with Crippen LogP contribution in [0.15, 0.2) is 35.6 Å². The summed E-state index contributed by atoms with van der Waals surface area (Å²) in [6.07, 6.45) is 2.91. The number of methoxy groups -OCH3 is 1. The minimum atomic E-state index is -3.92. The molecule has 0 fully saturated rings. The van der Waals surface area contributed by atoms with Crippen LogP contribution >= 0.6 is 0 Å². The summed E-state index contributed by atoms with van der Waals surface area (Å²) in [5, 5.41) is 8.95. The van der Waals surface area contributed by atoms with Gasteiger partial charge in [0.05, 0.1) is 25.5 Å². The van der Waals surface area contributed by atoms with Crippen molar-refractivity contribution in [3.8, 4) is 5.75 Å². The number of imidazole rings is 1. The zero-order chi connectivity index (χ0) is 15.5. The van der Waals surface area contributed by atoms with Crippen LogP contribution in [0.1, 0.15) is 16.1 Å². The van der Waals surface area contributed by atoms with Crippen molar-refractivity contribution in [3.63, 3.8) is 0 Å². The molecule has 0 aliphatic carbocycles. The molecule has 0 saturated carbocycles. The highest BCUT2D eigenvalue weighted by Gasteiger charge is 2.21. The van der Waals surface area contributed by atoms with Gasteiger partial charge in [-0.1, -0.05) is 0 Å². The van der Waals surface area contributed by atoms with Crippen LogP contribution in [0.25, 0.3) is 0 Å². The van der Waals surface area contributed by atoms with Crippen molar-refractivity contribution in [2.45, 2.75) is 11.4 Å². The quantitative estimate of drug-likeness (QED) is 0.718. The zero-order valence-corrected chi connectivity index (χ0v) is 11.8. The Morgan fingerprint density at radius 1 is 1.48 bits per heavy atom. The minimum Gasteiger partial charge on any atom is -0.495 e. The summed E-state index contributed by atoms with van der Waals surface area (Å²) in [5.41, 5.74) is 0.435. The van der Waals surface area contributed by atoms with E-state index in [0.29, 0.717) is 5.69 Å². The summed E-state index contributed by atoms with van der Waals surface area (Å²) < 4.78 is 31.8. The fraction of sp³-hybridized carbons (Fsp3) is 0.167. The zero-order valence-electron chi connectivity index (χ0n) is 11.0. The fourth-order valence-electron chi connectivity index (χ4n) is 1.65. The average Bonchev–Trinajstić information content (AvgIpc) is 2.98. The molecule has 0 aliphatic rings. The van der Waals surface area contributed by atoms with Gasteiger partial charge in [-0.15, -0.1) is 0 Å². The average molecular weight is 311 g/mol. The van der Waals surface area contributed by atoms with E-state index in [9.17, 15) is 13.2 Å². The maximum absolute atomic E-state index is 12.3. The number of benzene rings is 1. The van der Waals surface area contributed by atoms with Crippen molar-refractivity contribution < 1.29 is 23.1 Å². The summed E-state index contributed by atoms with van der Waals surface area (Å²) in [6.45, 7) is 0.00276. The molecule has 1 heterocycles. The summed E-state index contributed by atoms with van der Waals surface area (Å²) in [4.78, 5) is 17.3. The lowest BCUT2D eigenvalue weighted by Crippen LogP contribution is -2.24. The highest BCUT2D eigenvalue weighted by molar-refractivity contribution is 7.89. The van der Waals surface area contributed by atoms with E-state index in [2.05, 4.69) is 14.7 Å². The molecule has 0 radical (unpaired) electrons. The van der Waals surface area contributed by atoms with E-state index in [-0.39, 0.29) is 22.8 Å². The number of hydrogen-bond acceptors (Lipinski definition) is 5. The topological polar surface area (TPSA) is 121 Å². The number of nitrogens with zero attached hydrogens (tertiary/aromatic N) is 1. The van der Waals surface area contributed by atoms with Crippen LogP contribution in [0, 0.1) is 0 Å². The molecule has 9 heteroatoms. The number of sulfonamides is 1. The van der Waals surface area contributed by atoms with Gasteiger partial charge in [0.25, 0.3) is 0 Å². The minimum absolute atomic E-state index is 0.00276. The van der Waals surface area contributed by atoms with Crippen LogP contribution in [0.5, 0.6) is 5.75 Å². The lowest BCUT2D eigenvalue weighted by Gasteiger charge is -2.11. The lowest BCUT2D eigenvalue weighted by atomic mass is 10.2. The van der Waals surface area contributed by atoms with Gasteiger partial charge in [0.2, 0.25) is 10.0 Å². The van der Waals surface area contributed by atoms with Gasteiger partial charge in [-0.3, -0.25) is 0 Å². The monoisotopic (exact) mass is 311 g/mol. The van der Waals surface area contributed by atoms with E-state index in [1.165, 1.54) is 31.8 Å². The Labute approximate surface area is 120 Å². The van der Waals surface area contributed by atoms with Crippen LogP contribution < -0.4 is 9.46 Å². The lowest BCUT2D eigenvalue weighted by molar-refractivity contribution is 0.0696. The van der Waals surface area contributed by atoms with Crippen molar-refractivity contribution in [3.05, 3.63) is 42.0 Å². The number of carboxylic acid groups (broad SMARTS) is 1. The third-order valence-corrected chi connectivity index (χ3v) is 4.13. The molecule has 1 aromatic carbocycles. The second-order valence-corrected chi connectivity index (χ2v) is 5.81. The molecule has 2 rings (SSSR count). The van der Waals surface area contributed by atoms with E-state index in [1.54, 1.807) is 0 Å². The number of aromatic carboxylic acids is 1. The summed E-state index contributed by atoms with van der Waals surface area (Å²) in [6, 6.07) is 3.62. The first-order chi connectivity index (χ1) is 9.94. The van der Waals surface area contributed by atoms with Gasteiger partial charge in [-0.05, 0) is 18.2 Å². The third-order valence-electron chi connectivity index (χ3n) is 2.71. The Morgan fingerprint density at radius 3 is 2.81 bits per heavy atom. The van der Waals surface area contributed by atoms with Crippen LogP contribution in [0.2, 0.25) is 0 Å². The van der Waals surface area contributed by atoms with Gasteiger partial charge in [0.15, 0.2) is 0 Å². The Balaban J connectivity index is 2.33.